The van der Waals surface area contributed by atoms with Crippen molar-refractivity contribution < 1.29 is 27.4 Å². The number of carbonyl (C=O) groups is 1. The number of carbonyl (C=O) groups excluding carboxylic acids is 1. The summed E-state index contributed by atoms with van der Waals surface area (Å²) in [7, 11) is 1.68. The zero-order valence-corrected chi connectivity index (χ0v) is 18.4. The molecule has 3 rings (SSSR count). The van der Waals surface area contributed by atoms with E-state index in [4.69, 9.17) is 9.47 Å². The predicted octanol–water partition coefficient (Wildman–Crippen LogP) is 3.18. The molecule has 9 heteroatoms. The van der Waals surface area contributed by atoms with Crippen LogP contribution in [-0.4, -0.2) is 60.8 Å². The zero-order chi connectivity index (χ0) is 22.6. The highest BCUT2D eigenvalue weighted by Crippen LogP contribution is 2.31. The second kappa shape index (κ2) is 10.3. The Hall–Kier alpha value is -1.71. The Balaban J connectivity index is 1.51. The molecule has 1 N–H and O–H groups in total. The molecule has 31 heavy (non-hydrogen) atoms. The lowest BCUT2D eigenvalue weighted by molar-refractivity contribution is -0.137. The minimum absolute atomic E-state index is 0.0175. The topological polar surface area (TPSA) is 63.7 Å². The summed E-state index contributed by atoms with van der Waals surface area (Å²) in [5.74, 6) is -0.214. The zero-order valence-electron chi connectivity index (χ0n) is 18.4. The highest BCUT2D eigenvalue weighted by atomic mass is 19.4. The van der Waals surface area contributed by atoms with Crippen LogP contribution in [0.3, 0.4) is 0 Å². The molecule has 0 spiro atoms. The van der Waals surface area contributed by atoms with Gasteiger partial charge in [0, 0.05) is 63.1 Å². The number of rotatable bonds is 7. The Morgan fingerprint density at radius 3 is 2.87 bits per heavy atom. The van der Waals surface area contributed by atoms with Crippen molar-refractivity contribution in [3.63, 3.8) is 0 Å². The molecule has 1 aromatic rings. The Labute approximate surface area is 181 Å². The van der Waals surface area contributed by atoms with Crippen LogP contribution in [0.4, 0.5) is 13.2 Å². The number of fused-ring (bicyclic) bond motifs is 1. The van der Waals surface area contributed by atoms with Crippen molar-refractivity contribution in [2.24, 2.45) is 5.92 Å². The SMILES string of the molecule is COC1COCCC1NC(C)CCC(C)C(=O)N1CCc2ncc(C(F)(F)F)cc2C1. The molecule has 2 aliphatic heterocycles. The Morgan fingerprint density at radius 2 is 2.16 bits per heavy atom. The fourth-order valence-corrected chi connectivity index (χ4v) is 4.29. The molecule has 2 aliphatic rings. The van der Waals surface area contributed by atoms with Gasteiger partial charge in [-0.2, -0.15) is 13.2 Å². The van der Waals surface area contributed by atoms with Crippen LogP contribution in [0.25, 0.3) is 0 Å². The van der Waals surface area contributed by atoms with Gasteiger partial charge in [0.25, 0.3) is 0 Å². The summed E-state index contributed by atoms with van der Waals surface area (Å²) in [4.78, 5) is 18.5. The van der Waals surface area contributed by atoms with Crippen molar-refractivity contribution in [1.29, 1.82) is 0 Å². The monoisotopic (exact) mass is 443 g/mol. The van der Waals surface area contributed by atoms with Crippen molar-refractivity contribution in [3.05, 3.63) is 29.1 Å². The van der Waals surface area contributed by atoms with Crippen LogP contribution in [0.1, 0.15) is 49.9 Å². The molecule has 1 fully saturated rings. The van der Waals surface area contributed by atoms with E-state index in [0.717, 1.165) is 25.1 Å². The lowest BCUT2D eigenvalue weighted by atomic mass is 9.97. The highest BCUT2D eigenvalue weighted by molar-refractivity contribution is 5.78. The molecule has 1 saturated heterocycles. The molecule has 3 heterocycles. The molecule has 0 bridgehead atoms. The maximum atomic E-state index is 13.0. The van der Waals surface area contributed by atoms with E-state index in [-0.39, 0.29) is 36.6 Å². The maximum Gasteiger partial charge on any atom is 0.417 e. The van der Waals surface area contributed by atoms with Crippen LogP contribution in [0, 0.1) is 5.92 Å². The van der Waals surface area contributed by atoms with Crippen LogP contribution in [0.15, 0.2) is 12.3 Å². The Morgan fingerprint density at radius 1 is 1.39 bits per heavy atom. The van der Waals surface area contributed by atoms with Gasteiger partial charge in [-0.25, -0.2) is 0 Å². The van der Waals surface area contributed by atoms with Gasteiger partial charge in [0.2, 0.25) is 5.91 Å². The number of methoxy groups -OCH3 is 1. The van der Waals surface area contributed by atoms with Crippen molar-refractivity contribution >= 4 is 5.91 Å². The lowest BCUT2D eigenvalue weighted by Crippen LogP contribution is -2.50. The number of hydrogen-bond donors (Lipinski definition) is 1. The molecule has 4 unspecified atom stereocenters. The van der Waals surface area contributed by atoms with E-state index >= 15 is 0 Å². The summed E-state index contributed by atoms with van der Waals surface area (Å²) in [6.07, 6.45) is -0.636. The third-order valence-corrected chi connectivity index (χ3v) is 6.24. The minimum Gasteiger partial charge on any atom is -0.379 e. The van der Waals surface area contributed by atoms with Gasteiger partial charge in [0.05, 0.1) is 18.3 Å². The fraction of sp³-hybridized carbons (Fsp3) is 0.727. The summed E-state index contributed by atoms with van der Waals surface area (Å²) in [5, 5.41) is 3.58. The average Bonchev–Trinajstić information content (AvgIpc) is 2.75. The van der Waals surface area contributed by atoms with Crippen LogP contribution in [0.2, 0.25) is 0 Å². The third kappa shape index (κ3) is 6.17. The molecule has 0 aromatic carbocycles. The molecular formula is C22H32F3N3O3. The Bertz CT molecular complexity index is 759. The van der Waals surface area contributed by atoms with Gasteiger partial charge in [-0.3, -0.25) is 9.78 Å². The Kier molecular flexibility index (Phi) is 7.93. The van der Waals surface area contributed by atoms with Crippen molar-refractivity contribution in [3.8, 4) is 0 Å². The van der Waals surface area contributed by atoms with Gasteiger partial charge in [0.1, 0.15) is 0 Å². The number of hydrogen-bond acceptors (Lipinski definition) is 5. The van der Waals surface area contributed by atoms with E-state index in [1.165, 1.54) is 0 Å². The number of amides is 1. The van der Waals surface area contributed by atoms with E-state index < -0.39 is 11.7 Å². The predicted molar refractivity (Wildman–Crippen MR) is 109 cm³/mol. The van der Waals surface area contributed by atoms with E-state index in [1.807, 2.05) is 6.92 Å². The van der Waals surface area contributed by atoms with Gasteiger partial charge < -0.3 is 19.7 Å². The number of halogens is 3. The molecule has 0 radical (unpaired) electrons. The second-order valence-corrected chi connectivity index (χ2v) is 8.63. The maximum absolute atomic E-state index is 13.0. The van der Waals surface area contributed by atoms with Crippen molar-refractivity contribution in [1.82, 2.24) is 15.2 Å². The van der Waals surface area contributed by atoms with Crippen molar-refractivity contribution in [2.45, 2.75) is 70.4 Å². The largest absolute Gasteiger partial charge is 0.417 e. The quantitative estimate of drug-likeness (QED) is 0.701. The number of aromatic nitrogens is 1. The number of alkyl halides is 3. The molecule has 4 atom stereocenters. The summed E-state index contributed by atoms with van der Waals surface area (Å²) in [6, 6.07) is 1.57. The summed E-state index contributed by atoms with van der Waals surface area (Å²) in [6.45, 7) is 5.95. The molecule has 1 amide bonds. The summed E-state index contributed by atoms with van der Waals surface area (Å²) >= 11 is 0. The van der Waals surface area contributed by atoms with E-state index in [1.54, 1.807) is 12.0 Å². The van der Waals surface area contributed by atoms with Crippen molar-refractivity contribution in [2.75, 3.05) is 26.9 Å². The van der Waals surface area contributed by atoms with Gasteiger partial charge in [-0.05, 0) is 37.8 Å². The van der Waals surface area contributed by atoms with Crippen LogP contribution >= 0.6 is 0 Å². The normalized spacial score (nSPS) is 23.9. The van der Waals surface area contributed by atoms with E-state index in [0.29, 0.717) is 43.9 Å². The summed E-state index contributed by atoms with van der Waals surface area (Å²) in [5.41, 5.74) is 0.365. The van der Waals surface area contributed by atoms with Crippen LogP contribution in [-0.2, 0) is 33.4 Å². The van der Waals surface area contributed by atoms with Crippen LogP contribution < -0.4 is 5.32 Å². The number of nitrogens with one attached hydrogen (secondary N) is 1. The highest BCUT2D eigenvalue weighted by Gasteiger charge is 2.33. The smallest absolute Gasteiger partial charge is 0.379 e. The third-order valence-electron chi connectivity index (χ3n) is 6.24. The molecule has 0 saturated carbocycles. The molecule has 6 nitrogen and oxygen atoms in total. The van der Waals surface area contributed by atoms with Gasteiger partial charge in [0.15, 0.2) is 0 Å². The van der Waals surface area contributed by atoms with Gasteiger partial charge in [-0.1, -0.05) is 6.92 Å². The first kappa shape index (κ1) is 23.9. The lowest BCUT2D eigenvalue weighted by Gasteiger charge is -2.34. The second-order valence-electron chi connectivity index (χ2n) is 8.63. The van der Waals surface area contributed by atoms with E-state index in [9.17, 15) is 18.0 Å². The standard InChI is InChI=1S/C22H32F3N3O3/c1-14(4-5-15(2)27-19-7-9-31-13-20(19)30-3)21(29)28-8-6-18-16(12-28)10-17(11-26-18)22(23,24)25/h10-11,14-15,19-20,27H,4-9,12-13H2,1-3H3. The number of pyridine rings is 1. The van der Waals surface area contributed by atoms with E-state index in [2.05, 4.69) is 17.2 Å². The molecular weight excluding hydrogens is 411 g/mol. The minimum atomic E-state index is -4.43. The first-order chi connectivity index (χ1) is 14.7. The van der Waals surface area contributed by atoms with Gasteiger partial charge in [-0.15, -0.1) is 0 Å². The summed E-state index contributed by atoms with van der Waals surface area (Å²) < 4.78 is 49.9. The molecule has 174 valence electrons. The van der Waals surface area contributed by atoms with Crippen LogP contribution in [0.5, 0.6) is 0 Å². The molecule has 0 aliphatic carbocycles. The van der Waals surface area contributed by atoms with Gasteiger partial charge >= 0.3 is 6.18 Å². The first-order valence-electron chi connectivity index (χ1n) is 10.9. The average molecular weight is 444 g/mol. The number of ether oxygens (including phenoxy) is 2. The first-order valence-corrected chi connectivity index (χ1v) is 10.9. The number of nitrogens with zero attached hydrogens (tertiary/aromatic N) is 2. The molecule has 1 aromatic heterocycles. The fourth-order valence-electron chi connectivity index (χ4n) is 4.29.